The zero-order chi connectivity index (χ0) is 14.1. The monoisotopic (exact) mass is 276 g/mol. The van der Waals surface area contributed by atoms with Gasteiger partial charge in [0, 0.05) is 30.3 Å². The molecule has 21 heavy (non-hydrogen) atoms. The Morgan fingerprint density at radius 1 is 1.00 bits per heavy atom. The van der Waals surface area contributed by atoms with E-state index in [2.05, 4.69) is 70.5 Å². The second kappa shape index (κ2) is 5.38. The van der Waals surface area contributed by atoms with Gasteiger partial charge in [0.15, 0.2) is 0 Å². The molecule has 1 atom stereocenters. The SMILES string of the molecule is c1ccc(CNC2CCc3cc4ccccc4n3C2)cc1. The first-order valence-electron chi connectivity index (χ1n) is 7.74. The maximum absolute atomic E-state index is 3.71. The van der Waals surface area contributed by atoms with Crippen LogP contribution in [0.3, 0.4) is 0 Å². The number of benzene rings is 2. The summed E-state index contributed by atoms with van der Waals surface area (Å²) >= 11 is 0. The number of nitrogens with one attached hydrogen (secondary N) is 1. The van der Waals surface area contributed by atoms with E-state index < -0.39 is 0 Å². The van der Waals surface area contributed by atoms with E-state index in [4.69, 9.17) is 0 Å². The summed E-state index contributed by atoms with van der Waals surface area (Å²) in [4.78, 5) is 0. The smallest absolute Gasteiger partial charge is 0.0483 e. The highest BCUT2D eigenvalue weighted by Crippen LogP contribution is 2.25. The van der Waals surface area contributed by atoms with Crippen LogP contribution in [0.25, 0.3) is 10.9 Å². The van der Waals surface area contributed by atoms with Gasteiger partial charge in [0.25, 0.3) is 0 Å². The number of fused-ring (bicyclic) bond motifs is 3. The number of hydrogen-bond donors (Lipinski definition) is 1. The van der Waals surface area contributed by atoms with Gasteiger partial charge < -0.3 is 9.88 Å². The van der Waals surface area contributed by atoms with Crippen molar-refractivity contribution in [2.24, 2.45) is 0 Å². The van der Waals surface area contributed by atoms with Crippen molar-refractivity contribution in [3.8, 4) is 0 Å². The van der Waals surface area contributed by atoms with Gasteiger partial charge in [0.2, 0.25) is 0 Å². The number of hydrogen-bond acceptors (Lipinski definition) is 1. The molecule has 0 aliphatic carbocycles. The molecule has 106 valence electrons. The van der Waals surface area contributed by atoms with Crippen molar-refractivity contribution in [3.05, 3.63) is 71.9 Å². The van der Waals surface area contributed by atoms with Crippen molar-refractivity contribution in [1.29, 1.82) is 0 Å². The molecule has 1 aliphatic heterocycles. The Hall–Kier alpha value is -2.06. The third-order valence-corrected chi connectivity index (χ3v) is 4.49. The van der Waals surface area contributed by atoms with Crippen LogP contribution in [0.15, 0.2) is 60.7 Å². The molecule has 0 saturated carbocycles. The summed E-state index contributed by atoms with van der Waals surface area (Å²) in [5, 5.41) is 5.08. The van der Waals surface area contributed by atoms with Crippen LogP contribution in [0.4, 0.5) is 0 Å². The topological polar surface area (TPSA) is 17.0 Å². The third-order valence-electron chi connectivity index (χ3n) is 4.49. The first-order valence-corrected chi connectivity index (χ1v) is 7.74. The van der Waals surface area contributed by atoms with Crippen LogP contribution in [-0.4, -0.2) is 10.6 Å². The molecule has 0 amide bonds. The number of rotatable bonds is 3. The van der Waals surface area contributed by atoms with E-state index in [0.717, 1.165) is 13.1 Å². The second-order valence-electron chi connectivity index (χ2n) is 5.91. The minimum Gasteiger partial charge on any atom is -0.343 e. The molecule has 1 N–H and O–H groups in total. The molecule has 2 heteroatoms. The van der Waals surface area contributed by atoms with E-state index >= 15 is 0 Å². The Balaban J connectivity index is 1.51. The molecular formula is C19H20N2. The fraction of sp³-hybridized carbons (Fsp3) is 0.263. The van der Waals surface area contributed by atoms with Crippen LogP contribution >= 0.6 is 0 Å². The van der Waals surface area contributed by atoms with Crippen LogP contribution < -0.4 is 5.32 Å². The third kappa shape index (κ3) is 2.47. The van der Waals surface area contributed by atoms with Crippen molar-refractivity contribution in [2.45, 2.75) is 32.0 Å². The van der Waals surface area contributed by atoms with Gasteiger partial charge in [0.05, 0.1) is 0 Å². The maximum atomic E-state index is 3.71. The average molecular weight is 276 g/mol. The largest absolute Gasteiger partial charge is 0.343 e. The van der Waals surface area contributed by atoms with Gasteiger partial charge in [-0.15, -0.1) is 0 Å². The summed E-state index contributed by atoms with van der Waals surface area (Å²) in [7, 11) is 0. The number of aryl methyl sites for hydroxylation is 1. The maximum Gasteiger partial charge on any atom is 0.0483 e. The van der Waals surface area contributed by atoms with Crippen molar-refractivity contribution >= 4 is 10.9 Å². The normalized spacial score (nSPS) is 17.8. The second-order valence-corrected chi connectivity index (χ2v) is 5.91. The van der Waals surface area contributed by atoms with Crippen LogP contribution in [-0.2, 0) is 19.5 Å². The zero-order valence-corrected chi connectivity index (χ0v) is 12.1. The molecule has 4 rings (SSSR count). The molecule has 0 saturated heterocycles. The molecule has 0 radical (unpaired) electrons. The molecule has 0 bridgehead atoms. The highest BCUT2D eigenvalue weighted by molar-refractivity contribution is 5.81. The van der Waals surface area contributed by atoms with Gasteiger partial charge in [0.1, 0.15) is 0 Å². The Kier molecular flexibility index (Phi) is 3.24. The number of para-hydroxylation sites is 1. The fourth-order valence-corrected chi connectivity index (χ4v) is 3.35. The molecular weight excluding hydrogens is 256 g/mol. The van der Waals surface area contributed by atoms with Crippen molar-refractivity contribution < 1.29 is 0 Å². The van der Waals surface area contributed by atoms with Gasteiger partial charge >= 0.3 is 0 Å². The molecule has 2 nitrogen and oxygen atoms in total. The van der Waals surface area contributed by atoms with E-state index in [1.54, 1.807) is 0 Å². The Bertz CT molecular complexity index is 743. The minimum absolute atomic E-state index is 0.563. The first-order chi connectivity index (χ1) is 10.4. The Labute approximate surface area is 125 Å². The minimum atomic E-state index is 0.563. The van der Waals surface area contributed by atoms with E-state index in [1.807, 2.05) is 0 Å². The molecule has 0 spiro atoms. The van der Waals surface area contributed by atoms with Crippen LogP contribution in [0, 0.1) is 0 Å². The molecule has 1 aliphatic rings. The van der Waals surface area contributed by atoms with Gasteiger partial charge in [-0.05, 0) is 35.9 Å². The van der Waals surface area contributed by atoms with Crippen molar-refractivity contribution in [2.75, 3.05) is 0 Å². The lowest BCUT2D eigenvalue weighted by atomic mass is 10.0. The molecule has 3 aromatic rings. The van der Waals surface area contributed by atoms with E-state index in [0.29, 0.717) is 6.04 Å². The average Bonchev–Trinajstić information content (AvgIpc) is 2.92. The molecule has 2 heterocycles. The summed E-state index contributed by atoms with van der Waals surface area (Å²) in [6.07, 6.45) is 2.39. The first kappa shape index (κ1) is 12.7. The zero-order valence-electron chi connectivity index (χ0n) is 12.1. The summed E-state index contributed by atoms with van der Waals surface area (Å²) in [5.74, 6) is 0. The lowest BCUT2D eigenvalue weighted by Gasteiger charge is -2.26. The highest BCUT2D eigenvalue weighted by atomic mass is 15.1. The van der Waals surface area contributed by atoms with Crippen LogP contribution in [0.2, 0.25) is 0 Å². The van der Waals surface area contributed by atoms with E-state index in [-0.39, 0.29) is 0 Å². The van der Waals surface area contributed by atoms with Crippen LogP contribution in [0.5, 0.6) is 0 Å². The summed E-state index contributed by atoms with van der Waals surface area (Å²) in [6, 6.07) is 22.3. The standard InChI is InChI=1S/C19H20N2/c1-2-6-15(7-3-1)13-20-17-10-11-18-12-16-8-4-5-9-19(16)21(18)14-17/h1-9,12,17,20H,10-11,13-14H2. The summed E-state index contributed by atoms with van der Waals surface area (Å²) < 4.78 is 2.49. The van der Waals surface area contributed by atoms with E-state index in [1.165, 1.54) is 35.0 Å². The van der Waals surface area contributed by atoms with Gasteiger partial charge in [-0.2, -0.15) is 0 Å². The summed E-state index contributed by atoms with van der Waals surface area (Å²) in [5.41, 5.74) is 4.22. The fourth-order valence-electron chi connectivity index (χ4n) is 3.35. The molecule has 0 fully saturated rings. The van der Waals surface area contributed by atoms with Crippen LogP contribution in [0.1, 0.15) is 17.7 Å². The van der Waals surface area contributed by atoms with Crippen molar-refractivity contribution in [3.63, 3.8) is 0 Å². The predicted molar refractivity (Wildman–Crippen MR) is 87.3 cm³/mol. The predicted octanol–water partition coefficient (Wildman–Crippen LogP) is 3.75. The molecule has 2 aromatic carbocycles. The highest BCUT2D eigenvalue weighted by Gasteiger charge is 2.19. The Morgan fingerprint density at radius 2 is 1.81 bits per heavy atom. The number of aromatic nitrogens is 1. The lowest BCUT2D eigenvalue weighted by Crippen LogP contribution is -2.36. The van der Waals surface area contributed by atoms with Gasteiger partial charge in [-0.3, -0.25) is 0 Å². The quantitative estimate of drug-likeness (QED) is 0.771. The van der Waals surface area contributed by atoms with Gasteiger partial charge in [-0.1, -0.05) is 48.5 Å². The van der Waals surface area contributed by atoms with Gasteiger partial charge in [-0.25, -0.2) is 0 Å². The molecule has 1 unspecified atom stereocenters. The Morgan fingerprint density at radius 3 is 2.71 bits per heavy atom. The number of nitrogens with zero attached hydrogens (tertiary/aromatic N) is 1. The van der Waals surface area contributed by atoms with Crippen molar-refractivity contribution in [1.82, 2.24) is 9.88 Å². The molecule has 1 aromatic heterocycles. The lowest BCUT2D eigenvalue weighted by molar-refractivity contribution is 0.389. The summed E-state index contributed by atoms with van der Waals surface area (Å²) in [6.45, 7) is 2.04. The van der Waals surface area contributed by atoms with E-state index in [9.17, 15) is 0 Å².